The number of aromatic nitrogens is 6. The van der Waals surface area contributed by atoms with Crippen molar-refractivity contribution in [3.05, 3.63) is 12.3 Å². The summed E-state index contributed by atoms with van der Waals surface area (Å²) in [6.45, 7) is 0. The van der Waals surface area contributed by atoms with Crippen LogP contribution in [-0.2, 0) is 0 Å². The fourth-order valence-electron chi connectivity index (χ4n) is 1.59. The molecule has 3 aromatic rings. The second-order valence-electron chi connectivity index (χ2n) is 3.84. The van der Waals surface area contributed by atoms with Crippen LogP contribution < -0.4 is 16.8 Å². The summed E-state index contributed by atoms with van der Waals surface area (Å²) in [7, 11) is 1.74. The summed E-state index contributed by atoms with van der Waals surface area (Å²) < 4.78 is 0. The summed E-state index contributed by atoms with van der Waals surface area (Å²) in [4.78, 5) is 16.8. The molecule has 0 radical (unpaired) electrons. The number of nitrogens with two attached hydrogens (primary N) is 2. The Morgan fingerprint density at radius 3 is 2.60 bits per heavy atom. The Hall–Kier alpha value is -2.62. The van der Waals surface area contributed by atoms with E-state index in [4.69, 9.17) is 11.5 Å². The van der Waals surface area contributed by atoms with Crippen LogP contribution in [0.15, 0.2) is 22.4 Å². The van der Waals surface area contributed by atoms with Crippen LogP contribution in [0.5, 0.6) is 0 Å². The first-order valence-electron chi connectivity index (χ1n) is 5.62. The molecular weight excluding hydrogens is 278 g/mol. The van der Waals surface area contributed by atoms with Gasteiger partial charge < -0.3 is 16.8 Å². The lowest BCUT2D eigenvalue weighted by atomic mass is 10.4. The normalized spacial score (nSPS) is 10.8. The lowest BCUT2D eigenvalue weighted by Crippen LogP contribution is -2.01. The van der Waals surface area contributed by atoms with Crippen molar-refractivity contribution in [2.75, 3.05) is 23.8 Å². The fraction of sp³-hybridized carbons (Fsp3) is 0.100. The zero-order valence-corrected chi connectivity index (χ0v) is 11.3. The molecule has 0 bridgehead atoms. The lowest BCUT2D eigenvalue weighted by Gasteiger charge is -2.05. The number of anilines is 3. The minimum atomic E-state index is 0.311. The molecule has 20 heavy (non-hydrogen) atoms. The van der Waals surface area contributed by atoms with E-state index in [1.807, 2.05) is 0 Å². The number of nitrogens with one attached hydrogen (secondary N) is 2. The standard InChI is InChI=1S/C10H11N9S/c1-13-9-17-7-4(3-14-19-7)8(18-9)20-10-15-5(11)2-6(12)16-10/h2-3H,1H3,(H4,11,12,15,16)(H2,13,14,17,18,19). The fourth-order valence-corrected chi connectivity index (χ4v) is 2.46. The van der Waals surface area contributed by atoms with Gasteiger partial charge in [-0.2, -0.15) is 10.1 Å². The van der Waals surface area contributed by atoms with Crippen LogP contribution in [-0.4, -0.2) is 37.2 Å². The molecular formula is C10H11N9S. The van der Waals surface area contributed by atoms with E-state index >= 15 is 0 Å². The van der Waals surface area contributed by atoms with Gasteiger partial charge in [-0.05, 0) is 11.8 Å². The zero-order valence-electron chi connectivity index (χ0n) is 10.5. The van der Waals surface area contributed by atoms with Gasteiger partial charge in [-0.15, -0.1) is 0 Å². The molecule has 0 fully saturated rings. The molecule has 3 rings (SSSR count). The summed E-state index contributed by atoms with van der Waals surface area (Å²) in [5, 5.41) is 11.5. The van der Waals surface area contributed by atoms with Crippen molar-refractivity contribution >= 4 is 40.4 Å². The number of nitrogens with zero attached hydrogens (tertiary/aromatic N) is 5. The lowest BCUT2D eigenvalue weighted by molar-refractivity contribution is 0.977. The second-order valence-corrected chi connectivity index (χ2v) is 4.79. The van der Waals surface area contributed by atoms with Gasteiger partial charge in [-0.1, -0.05) is 0 Å². The highest BCUT2D eigenvalue weighted by molar-refractivity contribution is 7.99. The summed E-state index contributed by atoms with van der Waals surface area (Å²) in [5.74, 6) is 1.10. The van der Waals surface area contributed by atoms with Crippen LogP contribution in [0.2, 0.25) is 0 Å². The van der Waals surface area contributed by atoms with E-state index in [2.05, 4.69) is 35.5 Å². The van der Waals surface area contributed by atoms with E-state index in [1.54, 1.807) is 13.2 Å². The first-order chi connectivity index (χ1) is 9.65. The largest absolute Gasteiger partial charge is 0.383 e. The molecule has 10 heteroatoms. The molecule has 9 nitrogen and oxygen atoms in total. The van der Waals surface area contributed by atoms with Gasteiger partial charge in [-0.25, -0.2) is 15.0 Å². The van der Waals surface area contributed by atoms with Crippen LogP contribution in [0.1, 0.15) is 0 Å². The molecule has 0 saturated carbocycles. The van der Waals surface area contributed by atoms with Crippen molar-refractivity contribution in [3.8, 4) is 0 Å². The van der Waals surface area contributed by atoms with Gasteiger partial charge in [0.05, 0.1) is 11.6 Å². The molecule has 0 unspecified atom stereocenters. The molecule has 0 aromatic carbocycles. The van der Waals surface area contributed by atoms with E-state index in [9.17, 15) is 0 Å². The number of H-pyrrole nitrogens is 1. The third kappa shape index (κ3) is 2.28. The molecule has 3 heterocycles. The Morgan fingerprint density at radius 2 is 1.90 bits per heavy atom. The molecule has 0 amide bonds. The van der Waals surface area contributed by atoms with Crippen LogP contribution in [0.4, 0.5) is 17.6 Å². The SMILES string of the molecule is CNc1nc(Sc2nc(N)cc(N)n2)c2cn[nH]c2n1. The summed E-state index contributed by atoms with van der Waals surface area (Å²) >= 11 is 1.25. The molecule has 3 aromatic heterocycles. The highest BCUT2D eigenvalue weighted by Gasteiger charge is 2.12. The number of hydrogen-bond donors (Lipinski definition) is 4. The average molecular weight is 289 g/mol. The third-order valence-electron chi connectivity index (χ3n) is 2.43. The number of aromatic amines is 1. The highest BCUT2D eigenvalue weighted by atomic mass is 32.2. The van der Waals surface area contributed by atoms with Crippen molar-refractivity contribution in [2.45, 2.75) is 10.2 Å². The minimum Gasteiger partial charge on any atom is -0.383 e. The van der Waals surface area contributed by atoms with Gasteiger partial charge in [0, 0.05) is 13.1 Å². The van der Waals surface area contributed by atoms with Crippen LogP contribution >= 0.6 is 11.8 Å². The Kier molecular flexibility index (Phi) is 2.99. The quantitative estimate of drug-likeness (QED) is 0.400. The second kappa shape index (κ2) is 4.81. The van der Waals surface area contributed by atoms with E-state index in [1.165, 1.54) is 17.8 Å². The van der Waals surface area contributed by atoms with Crippen LogP contribution in [0, 0.1) is 0 Å². The molecule has 0 aliphatic rings. The number of fused-ring (bicyclic) bond motifs is 1. The first kappa shape index (κ1) is 12.4. The predicted molar refractivity (Wildman–Crippen MR) is 76.2 cm³/mol. The summed E-state index contributed by atoms with van der Waals surface area (Å²) in [6, 6.07) is 1.50. The third-order valence-corrected chi connectivity index (χ3v) is 3.30. The van der Waals surface area contributed by atoms with E-state index in [-0.39, 0.29) is 0 Å². The minimum absolute atomic E-state index is 0.311. The molecule has 0 aliphatic carbocycles. The number of rotatable bonds is 3. The predicted octanol–water partition coefficient (Wildman–Crippen LogP) is 0.500. The van der Waals surface area contributed by atoms with Gasteiger partial charge in [-0.3, -0.25) is 5.10 Å². The van der Waals surface area contributed by atoms with E-state index < -0.39 is 0 Å². The maximum atomic E-state index is 5.65. The maximum Gasteiger partial charge on any atom is 0.225 e. The molecule has 0 atom stereocenters. The van der Waals surface area contributed by atoms with Gasteiger partial charge in [0.1, 0.15) is 16.7 Å². The van der Waals surface area contributed by atoms with E-state index in [0.29, 0.717) is 33.4 Å². The van der Waals surface area contributed by atoms with E-state index in [0.717, 1.165) is 5.39 Å². The molecule has 102 valence electrons. The Labute approximate surface area is 117 Å². The Balaban J connectivity index is 2.07. The number of nitrogen functional groups attached to an aromatic ring is 2. The van der Waals surface area contributed by atoms with Crippen molar-refractivity contribution in [3.63, 3.8) is 0 Å². The topological polar surface area (TPSA) is 144 Å². The van der Waals surface area contributed by atoms with Crippen LogP contribution in [0.3, 0.4) is 0 Å². The zero-order chi connectivity index (χ0) is 14.1. The van der Waals surface area contributed by atoms with Crippen LogP contribution in [0.25, 0.3) is 11.0 Å². The molecule has 0 aliphatic heterocycles. The van der Waals surface area contributed by atoms with Crippen molar-refractivity contribution in [2.24, 2.45) is 0 Å². The highest BCUT2D eigenvalue weighted by Crippen LogP contribution is 2.30. The van der Waals surface area contributed by atoms with Gasteiger partial charge in [0.25, 0.3) is 0 Å². The summed E-state index contributed by atoms with van der Waals surface area (Å²) in [5.41, 5.74) is 11.9. The maximum absolute atomic E-state index is 5.65. The number of hydrogen-bond acceptors (Lipinski definition) is 9. The Bertz CT molecular complexity index is 748. The van der Waals surface area contributed by atoms with Crippen molar-refractivity contribution in [1.29, 1.82) is 0 Å². The molecule has 6 N–H and O–H groups in total. The smallest absolute Gasteiger partial charge is 0.225 e. The summed E-state index contributed by atoms with van der Waals surface area (Å²) in [6.07, 6.45) is 1.65. The van der Waals surface area contributed by atoms with Crippen molar-refractivity contribution < 1.29 is 0 Å². The van der Waals surface area contributed by atoms with Gasteiger partial charge >= 0.3 is 0 Å². The molecule has 0 spiro atoms. The van der Waals surface area contributed by atoms with Gasteiger partial charge in [0.2, 0.25) is 5.95 Å². The average Bonchev–Trinajstić information content (AvgIpc) is 2.85. The monoisotopic (exact) mass is 289 g/mol. The first-order valence-corrected chi connectivity index (χ1v) is 6.44. The molecule has 0 saturated heterocycles. The Morgan fingerprint density at radius 1 is 1.15 bits per heavy atom. The van der Waals surface area contributed by atoms with Gasteiger partial charge in [0.15, 0.2) is 10.8 Å². The van der Waals surface area contributed by atoms with Crippen molar-refractivity contribution in [1.82, 2.24) is 30.1 Å².